The van der Waals surface area contributed by atoms with E-state index in [1.807, 2.05) is 71.6 Å². The molecule has 192 valence electrons. The smallest absolute Gasteiger partial charge is 0.242 e. The third kappa shape index (κ3) is 6.66. The van der Waals surface area contributed by atoms with Crippen molar-refractivity contribution in [2.45, 2.75) is 25.7 Å². The molecule has 1 aromatic heterocycles. The van der Waals surface area contributed by atoms with Crippen molar-refractivity contribution in [3.05, 3.63) is 77.3 Å². The lowest BCUT2D eigenvalue weighted by Crippen LogP contribution is -2.45. The van der Waals surface area contributed by atoms with Crippen LogP contribution in [0.25, 0.3) is 11.3 Å². The van der Waals surface area contributed by atoms with Crippen molar-refractivity contribution in [3.63, 3.8) is 0 Å². The van der Waals surface area contributed by atoms with Gasteiger partial charge in [0.25, 0.3) is 0 Å². The lowest BCUT2D eigenvalue weighted by atomic mass is 10.1. The Morgan fingerprint density at radius 1 is 0.892 bits per heavy atom. The number of nitrogens with zero attached hydrogens (tertiary/aromatic N) is 5. The summed E-state index contributed by atoms with van der Waals surface area (Å²) in [5.74, 6) is 1.36. The topological polar surface area (TPSA) is 69.6 Å². The van der Waals surface area contributed by atoms with E-state index < -0.39 is 0 Å². The van der Waals surface area contributed by atoms with Gasteiger partial charge in [0.15, 0.2) is 5.82 Å². The van der Waals surface area contributed by atoms with E-state index in [0.29, 0.717) is 43.5 Å². The Labute approximate surface area is 223 Å². The largest absolute Gasteiger partial charge is 0.353 e. The van der Waals surface area contributed by atoms with Crippen LogP contribution in [0, 0.1) is 5.92 Å². The molecular formula is C29H32ClN5O2. The molecule has 0 bridgehead atoms. The number of carbonyl (C=O) groups is 2. The number of rotatable bonds is 8. The molecule has 2 amide bonds. The van der Waals surface area contributed by atoms with Crippen LogP contribution >= 0.6 is 11.6 Å². The maximum absolute atomic E-state index is 13.3. The summed E-state index contributed by atoms with van der Waals surface area (Å²) in [6, 6.07) is 21.2. The zero-order valence-corrected chi connectivity index (χ0v) is 21.7. The average molecular weight is 518 g/mol. The Hall–Kier alpha value is -3.45. The molecule has 7 nitrogen and oxygen atoms in total. The SMILES string of the molecule is O=C(CN(CC1CC1)C(=O)Cc1ccccc1)N1CCCN(c2ccc(-c3ccccc3Cl)nn2)CC1. The zero-order valence-electron chi connectivity index (χ0n) is 20.9. The number of aromatic nitrogens is 2. The van der Waals surface area contributed by atoms with E-state index in [1.165, 1.54) is 0 Å². The summed E-state index contributed by atoms with van der Waals surface area (Å²) in [4.78, 5) is 32.2. The van der Waals surface area contributed by atoms with E-state index in [1.54, 1.807) is 4.90 Å². The Bertz CT molecular complexity index is 1220. The zero-order chi connectivity index (χ0) is 25.6. The maximum Gasteiger partial charge on any atom is 0.242 e. The highest BCUT2D eigenvalue weighted by molar-refractivity contribution is 6.33. The number of hydrogen-bond acceptors (Lipinski definition) is 5. The van der Waals surface area contributed by atoms with Gasteiger partial charge in [0.2, 0.25) is 11.8 Å². The summed E-state index contributed by atoms with van der Waals surface area (Å²) in [5.41, 5.74) is 2.57. The molecule has 2 heterocycles. The second-order valence-electron chi connectivity index (χ2n) is 9.86. The van der Waals surface area contributed by atoms with E-state index in [0.717, 1.165) is 48.4 Å². The van der Waals surface area contributed by atoms with Gasteiger partial charge in [0, 0.05) is 38.3 Å². The molecule has 2 aliphatic rings. The van der Waals surface area contributed by atoms with E-state index in [-0.39, 0.29) is 18.4 Å². The highest BCUT2D eigenvalue weighted by atomic mass is 35.5. The van der Waals surface area contributed by atoms with Crippen LogP contribution in [-0.4, -0.2) is 71.1 Å². The minimum Gasteiger partial charge on any atom is -0.353 e. The molecule has 1 aliphatic carbocycles. The van der Waals surface area contributed by atoms with Gasteiger partial charge in [-0.15, -0.1) is 10.2 Å². The number of benzene rings is 2. The lowest BCUT2D eigenvalue weighted by Gasteiger charge is -2.27. The summed E-state index contributed by atoms with van der Waals surface area (Å²) >= 11 is 6.30. The molecule has 2 aromatic carbocycles. The molecule has 0 spiro atoms. The molecule has 5 rings (SSSR count). The van der Waals surface area contributed by atoms with Gasteiger partial charge in [-0.3, -0.25) is 9.59 Å². The van der Waals surface area contributed by atoms with Crippen LogP contribution in [0.5, 0.6) is 0 Å². The molecule has 0 N–H and O–H groups in total. The van der Waals surface area contributed by atoms with Gasteiger partial charge in [0.1, 0.15) is 0 Å². The molecule has 1 saturated carbocycles. The summed E-state index contributed by atoms with van der Waals surface area (Å²) in [6.07, 6.45) is 3.44. The third-order valence-corrected chi connectivity index (χ3v) is 7.35. The van der Waals surface area contributed by atoms with Crippen molar-refractivity contribution < 1.29 is 9.59 Å². The van der Waals surface area contributed by atoms with E-state index in [2.05, 4.69) is 15.1 Å². The van der Waals surface area contributed by atoms with Crippen LogP contribution in [-0.2, 0) is 16.0 Å². The lowest BCUT2D eigenvalue weighted by molar-refractivity contribution is -0.140. The fourth-order valence-electron chi connectivity index (χ4n) is 4.71. The predicted octanol–water partition coefficient (Wildman–Crippen LogP) is 4.32. The van der Waals surface area contributed by atoms with Gasteiger partial charge in [-0.05, 0) is 48.9 Å². The summed E-state index contributed by atoms with van der Waals surface area (Å²) in [6.45, 7) is 3.55. The molecule has 1 aliphatic heterocycles. The van der Waals surface area contributed by atoms with Gasteiger partial charge >= 0.3 is 0 Å². The maximum atomic E-state index is 13.3. The van der Waals surface area contributed by atoms with Crippen LogP contribution in [0.2, 0.25) is 5.02 Å². The molecule has 0 radical (unpaired) electrons. The number of halogens is 1. The monoisotopic (exact) mass is 517 g/mol. The molecule has 1 saturated heterocycles. The van der Waals surface area contributed by atoms with Crippen LogP contribution in [0.3, 0.4) is 0 Å². The standard InChI is InChI=1S/C29H32ClN5O2/c30-25-10-5-4-9-24(25)26-13-14-27(32-31-26)33-15-6-16-34(18-17-33)29(37)21-35(20-23-11-12-23)28(36)19-22-7-2-1-3-8-22/h1-5,7-10,13-14,23H,6,11-12,15-21H2. The molecular weight excluding hydrogens is 486 g/mol. The van der Waals surface area contributed by atoms with Crippen LogP contribution in [0.1, 0.15) is 24.8 Å². The van der Waals surface area contributed by atoms with Crippen molar-refractivity contribution in [1.29, 1.82) is 0 Å². The Morgan fingerprint density at radius 2 is 1.68 bits per heavy atom. The van der Waals surface area contributed by atoms with Crippen molar-refractivity contribution in [2.24, 2.45) is 5.92 Å². The highest BCUT2D eigenvalue weighted by Crippen LogP contribution is 2.30. The first-order valence-electron chi connectivity index (χ1n) is 13.0. The van der Waals surface area contributed by atoms with E-state index >= 15 is 0 Å². The molecule has 0 atom stereocenters. The average Bonchev–Trinajstić information content (AvgIpc) is 3.76. The number of carbonyl (C=O) groups excluding carboxylic acids is 2. The fraction of sp³-hybridized carbons (Fsp3) is 0.379. The van der Waals surface area contributed by atoms with Gasteiger partial charge in [0.05, 0.1) is 23.7 Å². The molecule has 0 unspecified atom stereocenters. The van der Waals surface area contributed by atoms with Crippen LogP contribution < -0.4 is 4.90 Å². The van der Waals surface area contributed by atoms with Crippen LogP contribution in [0.4, 0.5) is 5.82 Å². The third-order valence-electron chi connectivity index (χ3n) is 7.03. The second kappa shape index (κ2) is 11.7. The van der Waals surface area contributed by atoms with Crippen molar-refractivity contribution in [2.75, 3.05) is 44.2 Å². The van der Waals surface area contributed by atoms with Crippen LogP contribution in [0.15, 0.2) is 66.7 Å². The van der Waals surface area contributed by atoms with Gasteiger partial charge in [-0.1, -0.05) is 60.1 Å². The fourth-order valence-corrected chi connectivity index (χ4v) is 4.95. The second-order valence-corrected chi connectivity index (χ2v) is 10.3. The predicted molar refractivity (Wildman–Crippen MR) is 145 cm³/mol. The summed E-state index contributed by atoms with van der Waals surface area (Å²) in [7, 11) is 0. The Balaban J connectivity index is 1.19. The van der Waals surface area contributed by atoms with Gasteiger partial charge < -0.3 is 14.7 Å². The molecule has 3 aromatic rings. The van der Waals surface area contributed by atoms with Crippen molar-refractivity contribution >= 4 is 29.2 Å². The van der Waals surface area contributed by atoms with Crippen molar-refractivity contribution in [1.82, 2.24) is 20.0 Å². The normalized spacial score (nSPS) is 15.8. The summed E-state index contributed by atoms with van der Waals surface area (Å²) < 4.78 is 0. The minimum atomic E-state index is 0.0177. The van der Waals surface area contributed by atoms with Gasteiger partial charge in [-0.25, -0.2) is 0 Å². The Kier molecular flexibility index (Phi) is 7.99. The molecule has 37 heavy (non-hydrogen) atoms. The first-order valence-corrected chi connectivity index (χ1v) is 13.4. The number of anilines is 1. The Morgan fingerprint density at radius 3 is 2.41 bits per heavy atom. The number of hydrogen-bond donors (Lipinski definition) is 0. The first-order chi connectivity index (χ1) is 18.1. The van der Waals surface area contributed by atoms with E-state index in [4.69, 9.17) is 11.6 Å². The quantitative estimate of drug-likeness (QED) is 0.445. The number of amides is 2. The highest BCUT2D eigenvalue weighted by Gasteiger charge is 2.29. The minimum absolute atomic E-state index is 0.0177. The van der Waals surface area contributed by atoms with Gasteiger partial charge in [-0.2, -0.15) is 0 Å². The first kappa shape index (κ1) is 25.2. The summed E-state index contributed by atoms with van der Waals surface area (Å²) in [5, 5.41) is 9.48. The molecule has 2 fully saturated rings. The van der Waals surface area contributed by atoms with E-state index in [9.17, 15) is 9.59 Å². The molecule has 8 heteroatoms. The van der Waals surface area contributed by atoms with Crippen molar-refractivity contribution in [3.8, 4) is 11.3 Å².